The number of rotatable bonds is 8. The summed E-state index contributed by atoms with van der Waals surface area (Å²) in [6.07, 6.45) is 0.522. The van der Waals surface area contributed by atoms with Crippen molar-refractivity contribution in [3.63, 3.8) is 0 Å². The Hall–Kier alpha value is -2.54. The largest absolute Gasteiger partial charge is 0.468 e. The molecule has 1 N–H and O–H groups in total. The fraction of sp³-hybridized carbons (Fsp3) is 0.519. The van der Waals surface area contributed by atoms with Crippen LogP contribution in [0.4, 0.5) is 0 Å². The number of thioether (sulfide) groups is 1. The van der Waals surface area contributed by atoms with Gasteiger partial charge in [0.25, 0.3) is 0 Å². The third-order valence-electron chi connectivity index (χ3n) is 6.56. The van der Waals surface area contributed by atoms with Crippen molar-refractivity contribution in [3.05, 3.63) is 57.9 Å². The maximum atomic E-state index is 13.7. The number of carbonyl (C=O) groups excluding carboxylic acids is 3. The minimum atomic E-state index is -0.889. The van der Waals surface area contributed by atoms with E-state index in [4.69, 9.17) is 9.47 Å². The van der Waals surface area contributed by atoms with Gasteiger partial charge in [-0.15, -0.1) is 0 Å². The van der Waals surface area contributed by atoms with E-state index >= 15 is 0 Å². The summed E-state index contributed by atoms with van der Waals surface area (Å²) in [5.41, 5.74) is 4.34. The molecule has 0 aromatic heterocycles. The van der Waals surface area contributed by atoms with Crippen LogP contribution in [0, 0.1) is 11.8 Å². The van der Waals surface area contributed by atoms with E-state index in [2.05, 4.69) is 26.1 Å². The molecule has 0 saturated heterocycles. The van der Waals surface area contributed by atoms with Crippen molar-refractivity contribution in [2.75, 3.05) is 25.2 Å². The highest BCUT2D eigenvalue weighted by atomic mass is 32.2. The summed E-state index contributed by atoms with van der Waals surface area (Å²) < 4.78 is 10.6. The number of Topliss-reactive ketones (excluding diaryl/α,β-unsaturated/α-hetero) is 1. The maximum absolute atomic E-state index is 13.7. The normalized spacial score (nSPS) is 22.4. The van der Waals surface area contributed by atoms with Crippen molar-refractivity contribution in [1.29, 1.82) is 0 Å². The lowest BCUT2D eigenvalue weighted by atomic mass is 9.69. The van der Waals surface area contributed by atoms with Gasteiger partial charge >= 0.3 is 11.9 Å². The van der Waals surface area contributed by atoms with Crippen molar-refractivity contribution in [2.24, 2.45) is 11.8 Å². The molecule has 1 aromatic carbocycles. The summed E-state index contributed by atoms with van der Waals surface area (Å²) in [7, 11) is 1.30. The van der Waals surface area contributed by atoms with Crippen molar-refractivity contribution in [2.45, 2.75) is 52.9 Å². The number of ether oxygens (including phenoxy) is 2. The lowest BCUT2D eigenvalue weighted by Crippen LogP contribution is -2.43. The minimum absolute atomic E-state index is 0.206. The first-order chi connectivity index (χ1) is 16.2. The summed E-state index contributed by atoms with van der Waals surface area (Å²) in [6.45, 7) is 10.3. The van der Waals surface area contributed by atoms with Crippen molar-refractivity contribution < 1.29 is 23.9 Å². The zero-order valence-corrected chi connectivity index (χ0v) is 21.7. The third kappa shape index (κ3) is 5.24. The predicted octanol–water partition coefficient (Wildman–Crippen LogP) is 4.72. The Kier molecular flexibility index (Phi) is 8.63. The van der Waals surface area contributed by atoms with Gasteiger partial charge in [0.15, 0.2) is 5.78 Å². The van der Waals surface area contributed by atoms with Gasteiger partial charge in [-0.2, -0.15) is 11.8 Å². The number of carbonyl (C=O) groups is 3. The molecular weight excluding hydrogens is 450 g/mol. The average Bonchev–Trinajstić information content (AvgIpc) is 2.80. The van der Waals surface area contributed by atoms with E-state index in [9.17, 15) is 14.4 Å². The molecule has 3 rings (SSSR count). The second-order valence-electron chi connectivity index (χ2n) is 9.19. The lowest BCUT2D eigenvalue weighted by Gasteiger charge is -2.38. The lowest BCUT2D eigenvalue weighted by molar-refractivity contribution is -0.151. The highest BCUT2D eigenvalue weighted by Gasteiger charge is 2.47. The van der Waals surface area contributed by atoms with Crippen LogP contribution >= 0.6 is 11.8 Å². The average molecular weight is 486 g/mol. The first-order valence-electron chi connectivity index (χ1n) is 11.9. The summed E-state index contributed by atoms with van der Waals surface area (Å²) in [4.78, 5) is 39.5. The fourth-order valence-electron chi connectivity index (χ4n) is 4.77. The maximum Gasteiger partial charge on any atom is 0.336 e. The Morgan fingerprint density at radius 3 is 2.47 bits per heavy atom. The number of hydrogen-bond donors (Lipinski definition) is 1. The molecule has 2 aliphatic rings. The number of nitrogens with one attached hydrogen (secondary N) is 1. The molecule has 1 aliphatic carbocycles. The van der Waals surface area contributed by atoms with Crippen LogP contribution in [-0.4, -0.2) is 42.9 Å². The predicted molar refractivity (Wildman–Crippen MR) is 134 cm³/mol. The van der Waals surface area contributed by atoms with Crippen molar-refractivity contribution >= 4 is 29.5 Å². The molecule has 6 nitrogen and oxygen atoms in total. The van der Waals surface area contributed by atoms with Gasteiger partial charge in [0.05, 0.1) is 12.7 Å². The van der Waals surface area contributed by atoms with Gasteiger partial charge in [-0.05, 0) is 42.1 Å². The van der Waals surface area contributed by atoms with Crippen LogP contribution in [0.1, 0.15) is 64.0 Å². The minimum Gasteiger partial charge on any atom is -0.468 e. The van der Waals surface area contributed by atoms with E-state index in [1.807, 2.05) is 38.1 Å². The molecule has 0 amide bonds. The molecule has 7 heteroatoms. The second kappa shape index (κ2) is 11.3. The number of dihydropyridines is 1. The first kappa shape index (κ1) is 26.1. The Balaban J connectivity index is 2.08. The number of esters is 2. The Morgan fingerprint density at radius 2 is 1.88 bits per heavy atom. The molecule has 34 heavy (non-hydrogen) atoms. The van der Waals surface area contributed by atoms with Crippen LogP contribution in [0.2, 0.25) is 0 Å². The van der Waals surface area contributed by atoms with Crippen LogP contribution in [-0.2, 0) is 23.9 Å². The van der Waals surface area contributed by atoms with Crippen LogP contribution in [0.15, 0.2) is 46.8 Å². The second-order valence-corrected chi connectivity index (χ2v) is 10.6. The Labute approximate surface area is 206 Å². The molecule has 1 heterocycles. The first-order valence-corrected chi connectivity index (χ1v) is 13.0. The number of benzene rings is 1. The fourth-order valence-corrected chi connectivity index (χ4v) is 5.26. The number of ketones is 1. The van der Waals surface area contributed by atoms with Crippen molar-refractivity contribution in [3.8, 4) is 0 Å². The SMILES string of the molecule is CCSCCOC(=O)C1=C(C)NC2=C(C(=O)[C@@H](C(=O)OC)[C@H](C)C2)[C@@H]1c1ccc(C(C)C)cc1. The molecule has 0 saturated carbocycles. The van der Waals surface area contributed by atoms with Gasteiger partial charge in [0.1, 0.15) is 12.5 Å². The zero-order chi connectivity index (χ0) is 25.0. The summed E-state index contributed by atoms with van der Waals surface area (Å²) in [5, 5.41) is 3.30. The van der Waals surface area contributed by atoms with E-state index in [1.165, 1.54) is 12.7 Å². The molecule has 0 fully saturated rings. The van der Waals surface area contributed by atoms with Crippen molar-refractivity contribution in [1.82, 2.24) is 5.32 Å². The van der Waals surface area contributed by atoms with Gasteiger partial charge in [-0.1, -0.05) is 52.0 Å². The highest BCUT2D eigenvalue weighted by Crippen LogP contribution is 2.45. The quantitative estimate of drug-likeness (QED) is 0.324. The van der Waals surface area contributed by atoms with Crippen LogP contribution in [0.3, 0.4) is 0 Å². The highest BCUT2D eigenvalue weighted by molar-refractivity contribution is 7.99. The summed E-state index contributed by atoms with van der Waals surface area (Å²) in [6, 6.07) is 8.02. The smallest absolute Gasteiger partial charge is 0.336 e. The molecular formula is C27H35NO5S. The van der Waals surface area contributed by atoms with E-state index in [1.54, 1.807) is 11.8 Å². The Bertz CT molecular complexity index is 1010. The number of allylic oxidation sites excluding steroid dienone is 3. The zero-order valence-electron chi connectivity index (χ0n) is 20.9. The summed E-state index contributed by atoms with van der Waals surface area (Å²) in [5.74, 6) is -0.940. The summed E-state index contributed by atoms with van der Waals surface area (Å²) >= 11 is 1.70. The third-order valence-corrected chi connectivity index (χ3v) is 7.43. The monoisotopic (exact) mass is 485 g/mol. The number of hydrogen-bond acceptors (Lipinski definition) is 7. The van der Waals surface area contributed by atoms with E-state index in [0.717, 1.165) is 17.0 Å². The van der Waals surface area contributed by atoms with Gasteiger partial charge in [0, 0.05) is 28.6 Å². The topological polar surface area (TPSA) is 81.7 Å². The Morgan fingerprint density at radius 1 is 1.21 bits per heavy atom. The number of methoxy groups -OCH3 is 1. The van der Waals surface area contributed by atoms with Gasteiger partial charge in [0.2, 0.25) is 0 Å². The van der Waals surface area contributed by atoms with E-state index in [0.29, 0.717) is 41.5 Å². The molecule has 1 aromatic rings. The molecule has 0 spiro atoms. The molecule has 0 bridgehead atoms. The van der Waals surface area contributed by atoms with Gasteiger partial charge in [-0.25, -0.2) is 4.79 Å². The molecule has 184 valence electrons. The molecule has 3 atom stereocenters. The molecule has 0 unspecified atom stereocenters. The molecule has 1 aliphatic heterocycles. The molecule has 0 radical (unpaired) electrons. The van der Waals surface area contributed by atoms with Gasteiger partial charge in [-0.3, -0.25) is 9.59 Å². The standard InChI is InChI=1S/C27H35NO5S/c1-7-34-13-12-33-27(31)22-17(5)28-20-14-16(4)21(26(30)32-6)25(29)24(20)23(22)19-10-8-18(9-11-19)15(2)3/h8-11,15-16,21,23,28H,7,12-14H2,1-6H3/t16-,21+,23-/m1/s1. The van der Waals surface area contributed by atoms with E-state index in [-0.39, 0.29) is 11.7 Å². The van der Waals surface area contributed by atoms with Crippen LogP contribution in [0.25, 0.3) is 0 Å². The van der Waals surface area contributed by atoms with Crippen LogP contribution < -0.4 is 5.32 Å². The van der Waals surface area contributed by atoms with E-state index < -0.39 is 23.8 Å². The van der Waals surface area contributed by atoms with Gasteiger partial charge < -0.3 is 14.8 Å². The van der Waals surface area contributed by atoms with Crippen LogP contribution in [0.5, 0.6) is 0 Å².